The highest BCUT2D eigenvalue weighted by atomic mass is 16.3. The first kappa shape index (κ1) is 13.2. The molecule has 2 aromatic heterocycles. The predicted molar refractivity (Wildman–Crippen MR) is 79.0 cm³/mol. The van der Waals surface area contributed by atoms with Gasteiger partial charge in [-0.15, -0.1) is 0 Å². The van der Waals surface area contributed by atoms with E-state index in [9.17, 15) is 5.11 Å². The number of nitrogens with one attached hydrogen (secondary N) is 1. The largest absolute Gasteiger partial charge is 0.388 e. The summed E-state index contributed by atoms with van der Waals surface area (Å²) in [4.78, 5) is 8.96. The van der Waals surface area contributed by atoms with Gasteiger partial charge in [-0.2, -0.15) is 0 Å². The highest BCUT2D eigenvalue weighted by molar-refractivity contribution is 5.89. The Morgan fingerprint density at radius 2 is 2.05 bits per heavy atom. The Hall–Kier alpha value is -1.82. The Morgan fingerprint density at radius 3 is 2.75 bits per heavy atom. The third-order valence-corrected chi connectivity index (χ3v) is 3.70. The second kappa shape index (κ2) is 4.94. The Balaban J connectivity index is 2.31. The average molecular weight is 275 g/mol. The molecule has 1 aliphatic carbocycles. The first-order valence-electron chi connectivity index (χ1n) is 7.17. The molecule has 20 heavy (non-hydrogen) atoms. The zero-order valence-electron chi connectivity index (χ0n) is 12.0. The lowest BCUT2D eigenvalue weighted by Crippen LogP contribution is -2.25. The van der Waals surface area contributed by atoms with Gasteiger partial charge in [-0.05, 0) is 39.5 Å². The van der Waals surface area contributed by atoms with E-state index in [-0.39, 0.29) is 12.6 Å². The standard InChI is InChI=1S/C14H21N5O/c1-8(2)18-19-11(7-20)17-12-13(19)9-5-3-4-6-10(9)16-14(12)15/h8,18,20H,3-7H2,1-2H3,(H2,15,16). The van der Waals surface area contributed by atoms with E-state index in [1.165, 1.54) is 5.56 Å². The summed E-state index contributed by atoms with van der Waals surface area (Å²) in [5.74, 6) is 1.04. The molecule has 0 atom stereocenters. The maximum atomic E-state index is 9.54. The van der Waals surface area contributed by atoms with Gasteiger partial charge in [0.25, 0.3) is 0 Å². The molecule has 6 heteroatoms. The second-order valence-electron chi connectivity index (χ2n) is 5.63. The van der Waals surface area contributed by atoms with Crippen molar-refractivity contribution in [2.24, 2.45) is 0 Å². The van der Waals surface area contributed by atoms with Crippen LogP contribution >= 0.6 is 0 Å². The molecule has 0 fully saturated rings. The monoisotopic (exact) mass is 275 g/mol. The Bertz CT molecular complexity index is 647. The van der Waals surface area contributed by atoms with Crippen molar-refractivity contribution in [1.82, 2.24) is 14.6 Å². The van der Waals surface area contributed by atoms with Crippen molar-refractivity contribution in [3.8, 4) is 0 Å². The van der Waals surface area contributed by atoms with E-state index >= 15 is 0 Å². The molecule has 0 bridgehead atoms. The first-order valence-corrected chi connectivity index (χ1v) is 7.17. The molecule has 6 nitrogen and oxygen atoms in total. The molecule has 2 aromatic rings. The van der Waals surface area contributed by atoms with Gasteiger partial charge < -0.3 is 16.3 Å². The third-order valence-electron chi connectivity index (χ3n) is 3.70. The predicted octanol–water partition coefficient (Wildman–Crippen LogP) is 1.34. The van der Waals surface area contributed by atoms with E-state index in [0.29, 0.717) is 17.2 Å². The average Bonchev–Trinajstić information content (AvgIpc) is 2.78. The van der Waals surface area contributed by atoms with Gasteiger partial charge in [0.15, 0.2) is 11.6 Å². The Kier molecular flexibility index (Phi) is 3.25. The third kappa shape index (κ3) is 2.00. The van der Waals surface area contributed by atoms with Crippen LogP contribution in [0, 0.1) is 0 Å². The van der Waals surface area contributed by atoms with E-state index in [1.54, 1.807) is 0 Å². The van der Waals surface area contributed by atoms with Crippen LogP contribution in [0.2, 0.25) is 0 Å². The minimum Gasteiger partial charge on any atom is -0.388 e. The molecule has 0 aromatic carbocycles. The lowest BCUT2D eigenvalue weighted by molar-refractivity contribution is 0.268. The van der Waals surface area contributed by atoms with Crippen LogP contribution in [-0.2, 0) is 19.4 Å². The Morgan fingerprint density at radius 1 is 1.30 bits per heavy atom. The molecule has 0 spiro atoms. The van der Waals surface area contributed by atoms with Crippen molar-refractivity contribution in [2.75, 3.05) is 11.2 Å². The fourth-order valence-corrected chi connectivity index (χ4v) is 2.89. The summed E-state index contributed by atoms with van der Waals surface area (Å²) in [6.07, 6.45) is 4.28. The minimum absolute atomic E-state index is 0.122. The summed E-state index contributed by atoms with van der Waals surface area (Å²) in [7, 11) is 0. The molecule has 0 saturated carbocycles. The number of aliphatic hydroxyl groups excluding tert-OH is 1. The van der Waals surface area contributed by atoms with E-state index in [2.05, 4.69) is 29.2 Å². The van der Waals surface area contributed by atoms with E-state index in [4.69, 9.17) is 5.73 Å². The number of aromatic nitrogens is 3. The van der Waals surface area contributed by atoms with Gasteiger partial charge in [-0.3, -0.25) is 0 Å². The van der Waals surface area contributed by atoms with Gasteiger partial charge in [-0.1, -0.05) is 0 Å². The van der Waals surface area contributed by atoms with Crippen molar-refractivity contribution < 1.29 is 5.11 Å². The zero-order chi connectivity index (χ0) is 14.3. The zero-order valence-corrected chi connectivity index (χ0v) is 12.0. The number of rotatable bonds is 3. The molecule has 4 N–H and O–H groups in total. The molecule has 0 aliphatic heterocycles. The number of hydrogen-bond acceptors (Lipinski definition) is 5. The van der Waals surface area contributed by atoms with E-state index in [1.807, 2.05) is 4.68 Å². The van der Waals surface area contributed by atoms with E-state index in [0.717, 1.165) is 36.9 Å². The van der Waals surface area contributed by atoms with Crippen molar-refractivity contribution in [3.63, 3.8) is 0 Å². The highest BCUT2D eigenvalue weighted by Gasteiger charge is 2.22. The van der Waals surface area contributed by atoms with Crippen LogP contribution < -0.4 is 11.2 Å². The molecular formula is C14H21N5O. The maximum absolute atomic E-state index is 9.54. The fourth-order valence-electron chi connectivity index (χ4n) is 2.89. The number of nitrogen functional groups attached to an aromatic ring is 1. The lowest BCUT2D eigenvalue weighted by atomic mass is 9.95. The lowest BCUT2D eigenvalue weighted by Gasteiger charge is -2.20. The van der Waals surface area contributed by atoms with E-state index < -0.39 is 0 Å². The molecule has 2 heterocycles. The Labute approximate surface area is 118 Å². The van der Waals surface area contributed by atoms with Crippen molar-refractivity contribution >= 4 is 16.9 Å². The SMILES string of the molecule is CC(C)Nn1c(CO)nc2c(N)nc3c(c21)CCCC3. The van der Waals surface area contributed by atoms with Gasteiger partial charge in [0.2, 0.25) is 0 Å². The summed E-state index contributed by atoms with van der Waals surface area (Å²) in [6, 6.07) is 0.242. The smallest absolute Gasteiger partial charge is 0.154 e. The molecular weight excluding hydrogens is 254 g/mol. The van der Waals surface area contributed by atoms with Crippen LogP contribution in [-0.4, -0.2) is 25.8 Å². The number of nitrogens with zero attached hydrogens (tertiary/aromatic N) is 3. The van der Waals surface area contributed by atoms with Crippen molar-refractivity contribution in [1.29, 1.82) is 0 Å². The van der Waals surface area contributed by atoms with Crippen LogP contribution in [0.1, 0.15) is 43.8 Å². The number of fused-ring (bicyclic) bond motifs is 3. The number of anilines is 1. The van der Waals surface area contributed by atoms with Crippen LogP contribution in [0.5, 0.6) is 0 Å². The molecule has 0 radical (unpaired) electrons. The van der Waals surface area contributed by atoms with Gasteiger partial charge in [0.1, 0.15) is 12.1 Å². The minimum atomic E-state index is -0.122. The number of pyridine rings is 1. The van der Waals surface area contributed by atoms with Crippen molar-refractivity contribution in [3.05, 3.63) is 17.1 Å². The first-order chi connectivity index (χ1) is 9.61. The maximum Gasteiger partial charge on any atom is 0.154 e. The number of nitrogens with two attached hydrogens (primary N) is 1. The van der Waals surface area contributed by atoms with Gasteiger partial charge in [0, 0.05) is 17.3 Å². The second-order valence-corrected chi connectivity index (χ2v) is 5.63. The summed E-state index contributed by atoms with van der Waals surface area (Å²) in [5.41, 5.74) is 13.4. The van der Waals surface area contributed by atoms with Crippen LogP contribution in [0.4, 0.5) is 5.82 Å². The van der Waals surface area contributed by atoms with Crippen LogP contribution in [0.3, 0.4) is 0 Å². The molecule has 0 saturated heterocycles. The summed E-state index contributed by atoms with van der Waals surface area (Å²) in [5, 5.41) is 9.54. The normalized spacial score (nSPS) is 14.8. The summed E-state index contributed by atoms with van der Waals surface area (Å²) >= 11 is 0. The van der Waals surface area contributed by atoms with Gasteiger partial charge in [0.05, 0.1) is 5.52 Å². The number of aryl methyl sites for hydroxylation is 2. The van der Waals surface area contributed by atoms with Crippen molar-refractivity contribution in [2.45, 2.75) is 52.2 Å². The fraction of sp³-hybridized carbons (Fsp3) is 0.571. The topological polar surface area (TPSA) is 89.0 Å². The molecule has 108 valence electrons. The summed E-state index contributed by atoms with van der Waals surface area (Å²) in [6.45, 7) is 4.00. The number of aliphatic hydroxyl groups is 1. The molecule has 0 unspecified atom stereocenters. The van der Waals surface area contributed by atoms with Crippen LogP contribution in [0.15, 0.2) is 0 Å². The number of hydrogen-bond donors (Lipinski definition) is 3. The molecule has 0 amide bonds. The van der Waals surface area contributed by atoms with Crippen LogP contribution in [0.25, 0.3) is 11.0 Å². The highest BCUT2D eigenvalue weighted by Crippen LogP contribution is 2.31. The summed E-state index contributed by atoms with van der Waals surface area (Å²) < 4.78 is 1.89. The van der Waals surface area contributed by atoms with Gasteiger partial charge in [-0.25, -0.2) is 14.6 Å². The van der Waals surface area contributed by atoms with Gasteiger partial charge >= 0.3 is 0 Å². The molecule has 3 rings (SSSR count). The number of imidazole rings is 1. The quantitative estimate of drug-likeness (QED) is 0.786. The molecule has 1 aliphatic rings.